The van der Waals surface area contributed by atoms with Crippen molar-refractivity contribution in [2.24, 2.45) is 0 Å². The molecule has 2 unspecified atom stereocenters. The molecule has 0 N–H and O–H groups in total. The van der Waals surface area contributed by atoms with E-state index < -0.39 is 0 Å². The van der Waals surface area contributed by atoms with Gasteiger partial charge in [-0.05, 0) is 123 Å². The van der Waals surface area contributed by atoms with Gasteiger partial charge in [0.05, 0.1) is 5.69 Å². The molecule has 0 aliphatic heterocycles. The van der Waals surface area contributed by atoms with Crippen LogP contribution in [0, 0.1) is 0 Å². The number of fused-ring (bicyclic) bond motifs is 7. The minimum absolute atomic E-state index is 0.0795. The van der Waals surface area contributed by atoms with Gasteiger partial charge in [-0.15, -0.1) is 0 Å². The lowest BCUT2D eigenvalue weighted by molar-refractivity contribution is 0.524. The van der Waals surface area contributed by atoms with Crippen LogP contribution in [0.4, 0.5) is 17.1 Å². The number of nitrogens with zero attached hydrogens (tertiary/aromatic N) is 1. The topological polar surface area (TPSA) is 3.24 Å². The van der Waals surface area contributed by atoms with E-state index in [1.165, 1.54) is 83.5 Å². The summed E-state index contributed by atoms with van der Waals surface area (Å²) in [6.45, 7) is 4.76. The van der Waals surface area contributed by atoms with E-state index in [1.54, 1.807) is 0 Å². The average Bonchev–Trinajstić information content (AvgIpc) is 3.43. The second kappa shape index (κ2) is 12.2. The molecule has 0 spiro atoms. The predicted octanol–water partition coefficient (Wildman–Crippen LogP) is 13.4. The van der Waals surface area contributed by atoms with Crippen molar-refractivity contribution in [1.29, 1.82) is 0 Å². The Morgan fingerprint density at radius 3 is 2.13 bits per heavy atom. The highest BCUT2D eigenvalue weighted by molar-refractivity contribution is 6.04. The number of benzene rings is 7. The molecule has 0 fully saturated rings. The quantitative estimate of drug-likeness (QED) is 0.176. The fourth-order valence-corrected chi connectivity index (χ4v) is 9.78. The maximum Gasteiger partial charge on any atom is 0.0543 e. The monoisotopic (exact) mass is 669 g/mol. The van der Waals surface area contributed by atoms with Gasteiger partial charge in [-0.3, -0.25) is 0 Å². The molecule has 7 aromatic rings. The Labute approximate surface area is 307 Å². The molecule has 10 rings (SSSR count). The van der Waals surface area contributed by atoms with Crippen LogP contribution in [0.25, 0.3) is 28.0 Å². The van der Waals surface area contributed by atoms with Gasteiger partial charge in [-0.1, -0.05) is 147 Å². The molecule has 0 bridgehead atoms. The van der Waals surface area contributed by atoms with Gasteiger partial charge in [0.15, 0.2) is 0 Å². The number of hydrogen-bond acceptors (Lipinski definition) is 1. The molecule has 52 heavy (non-hydrogen) atoms. The Hall–Kier alpha value is -5.66. The predicted molar refractivity (Wildman–Crippen MR) is 219 cm³/mol. The van der Waals surface area contributed by atoms with Crippen LogP contribution >= 0.6 is 0 Å². The van der Waals surface area contributed by atoms with Crippen molar-refractivity contribution in [2.75, 3.05) is 4.90 Å². The minimum atomic E-state index is -0.0795. The third-order valence-corrected chi connectivity index (χ3v) is 12.3. The Morgan fingerprint density at radius 2 is 1.27 bits per heavy atom. The van der Waals surface area contributed by atoms with Crippen molar-refractivity contribution >= 4 is 33.9 Å². The largest absolute Gasteiger partial charge is 0.310 e. The van der Waals surface area contributed by atoms with Crippen molar-refractivity contribution in [1.82, 2.24) is 0 Å². The molecule has 0 radical (unpaired) electrons. The maximum absolute atomic E-state index is 2.54. The Bertz CT molecular complexity index is 2500. The van der Waals surface area contributed by atoms with Gasteiger partial charge < -0.3 is 4.90 Å². The standard InChI is InChI=1S/C51H43N/c1-51(2)47-23-13-12-21-44(47)45-31-29-39(33-48(45)51)52(49-32-37-17-7-8-18-40(37)43-20-10-11-22-46(43)49)38-27-24-35(25-28-38)42-30-26-34-14-6-9-19-41(34)50(42)36-15-4-3-5-16-36/h3-6,8-16,18-25,27-29,31-33,42,50H,7,17,26,30H2,1-2H3. The summed E-state index contributed by atoms with van der Waals surface area (Å²) in [5, 5.41) is 2.61. The van der Waals surface area contributed by atoms with Crippen LogP contribution in [0.3, 0.4) is 0 Å². The number of allylic oxidation sites excluding steroid dienone is 1. The van der Waals surface area contributed by atoms with Crippen LogP contribution in [0.5, 0.6) is 0 Å². The van der Waals surface area contributed by atoms with E-state index in [2.05, 4.69) is 183 Å². The molecule has 0 heterocycles. The van der Waals surface area contributed by atoms with E-state index in [9.17, 15) is 0 Å². The molecule has 3 aliphatic rings. The molecular weight excluding hydrogens is 627 g/mol. The first kappa shape index (κ1) is 31.1. The van der Waals surface area contributed by atoms with E-state index in [0.717, 1.165) is 25.7 Å². The zero-order valence-corrected chi connectivity index (χ0v) is 30.0. The second-order valence-electron chi connectivity index (χ2n) is 15.5. The smallest absolute Gasteiger partial charge is 0.0543 e. The summed E-state index contributed by atoms with van der Waals surface area (Å²) >= 11 is 0. The summed E-state index contributed by atoms with van der Waals surface area (Å²) in [6, 6.07) is 57.5. The molecule has 0 amide bonds. The highest BCUT2D eigenvalue weighted by atomic mass is 15.1. The zero-order chi connectivity index (χ0) is 34.8. The molecule has 1 heteroatoms. The van der Waals surface area contributed by atoms with Gasteiger partial charge >= 0.3 is 0 Å². The molecule has 252 valence electrons. The lowest BCUT2D eigenvalue weighted by atomic mass is 9.69. The van der Waals surface area contributed by atoms with E-state index in [-0.39, 0.29) is 5.41 Å². The van der Waals surface area contributed by atoms with E-state index in [1.807, 2.05) is 0 Å². The van der Waals surface area contributed by atoms with Crippen LogP contribution in [-0.4, -0.2) is 0 Å². The molecule has 1 nitrogen and oxygen atoms in total. The third kappa shape index (κ3) is 4.90. The van der Waals surface area contributed by atoms with Crippen LogP contribution in [0.2, 0.25) is 0 Å². The first-order valence-electron chi connectivity index (χ1n) is 19.0. The van der Waals surface area contributed by atoms with Gasteiger partial charge in [-0.2, -0.15) is 0 Å². The lowest BCUT2D eigenvalue weighted by Crippen LogP contribution is -2.20. The number of rotatable bonds is 5. The van der Waals surface area contributed by atoms with Gasteiger partial charge in [0.1, 0.15) is 0 Å². The van der Waals surface area contributed by atoms with E-state index in [0.29, 0.717) is 11.8 Å². The molecule has 0 saturated heterocycles. The molecule has 3 aliphatic carbocycles. The SMILES string of the molecule is CC1(C)c2ccccc2-c2ccc(N(c3ccc(C4CCc5ccccc5C4c4ccccc4)cc3)c3cc4c(c5ccccc35)C=CCC4)cc21. The van der Waals surface area contributed by atoms with Gasteiger partial charge in [0, 0.05) is 28.1 Å². The van der Waals surface area contributed by atoms with Crippen molar-refractivity contribution in [3.8, 4) is 11.1 Å². The normalized spacial score (nSPS) is 18.0. The number of anilines is 3. The summed E-state index contributed by atoms with van der Waals surface area (Å²) in [7, 11) is 0. The average molecular weight is 670 g/mol. The summed E-state index contributed by atoms with van der Waals surface area (Å²) in [5.41, 5.74) is 17.7. The maximum atomic E-state index is 2.54. The summed E-state index contributed by atoms with van der Waals surface area (Å²) in [5.74, 6) is 0.752. The molecule has 7 aromatic carbocycles. The van der Waals surface area contributed by atoms with E-state index in [4.69, 9.17) is 0 Å². The fourth-order valence-electron chi connectivity index (χ4n) is 9.78. The van der Waals surface area contributed by atoms with Crippen LogP contribution in [0.15, 0.2) is 158 Å². The van der Waals surface area contributed by atoms with Gasteiger partial charge in [0.2, 0.25) is 0 Å². The second-order valence-corrected chi connectivity index (χ2v) is 15.5. The highest BCUT2D eigenvalue weighted by Crippen LogP contribution is 2.52. The molecule has 0 aromatic heterocycles. The first-order chi connectivity index (χ1) is 25.6. The summed E-state index contributed by atoms with van der Waals surface area (Å²) < 4.78 is 0. The van der Waals surface area contributed by atoms with Crippen molar-refractivity contribution < 1.29 is 0 Å². The van der Waals surface area contributed by atoms with Gasteiger partial charge in [0.25, 0.3) is 0 Å². The fraction of sp³-hybridized carbons (Fsp3) is 0.176. The van der Waals surface area contributed by atoms with Crippen LogP contribution < -0.4 is 4.90 Å². The van der Waals surface area contributed by atoms with E-state index >= 15 is 0 Å². The Kier molecular flexibility index (Phi) is 7.32. The van der Waals surface area contributed by atoms with Crippen LogP contribution in [-0.2, 0) is 18.3 Å². The molecular formula is C51H43N. The summed E-state index contributed by atoms with van der Waals surface area (Å²) in [4.78, 5) is 2.54. The zero-order valence-electron chi connectivity index (χ0n) is 30.0. The first-order valence-corrected chi connectivity index (χ1v) is 19.0. The number of aryl methyl sites for hydroxylation is 2. The van der Waals surface area contributed by atoms with Gasteiger partial charge in [-0.25, -0.2) is 0 Å². The van der Waals surface area contributed by atoms with Crippen LogP contribution in [0.1, 0.15) is 83.0 Å². The Morgan fingerprint density at radius 1 is 0.558 bits per heavy atom. The van der Waals surface area contributed by atoms with Crippen molar-refractivity contribution in [3.63, 3.8) is 0 Å². The lowest BCUT2D eigenvalue weighted by Gasteiger charge is -2.35. The number of hydrogen-bond donors (Lipinski definition) is 0. The van der Waals surface area contributed by atoms with Crippen molar-refractivity contribution in [3.05, 3.63) is 202 Å². The minimum Gasteiger partial charge on any atom is -0.310 e. The summed E-state index contributed by atoms with van der Waals surface area (Å²) in [6.07, 6.45) is 9.07. The highest BCUT2D eigenvalue weighted by Gasteiger charge is 2.36. The molecule has 2 atom stereocenters. The molecule has 0 saturated carbocycles. The van der Waals surface area contributed by atoms with Crippen molar-refractivity contribution in [2.45, 2.75) is 56.8 Å². The Balaban J connectivity index is 1.13. The third-order valence-electron chi connectivity index (χ3n) is 12.3.